The first kappa shape index (κ1) is 8.45. The maximum absolute atomic E-state index is 11.0. The van der Waals surface area contributed by atoms with Crippen molar-refractivity contribution in [3.63, 3.8) is 0 Å². The molecule has 0 saturated carbocycles. The molecule has 0 saturated heterocycles. The van der Waals surface area contributed by atoms with Crippen LogP contribution < -0.4 is 11.1 Å². The van der Waals surface area contributed by atoms with E-state index in [1.54, 1.807) is 0 Å². The zero-order valence-corrected chi connectivity index (χ0v) is 6.46. The summed E-state index contributed by atoms with van der Waals surface area (Å²) in [6.07, 6.45) is 1.19. The maximum atomic E-state index is 11.0. The van der Waals surface area contributed by atoms with Crippen LogP contribution >= 0.6 is 0 Å². The Morgan fingerprint density at radius 2 is 2.17 bits per heavy atom. The minimum atomic E-state index is -0.998. The molecule has 5 nitrogen and oxygen atoms in total. The zero-order valence-electron chi connectivity index (χ0n) is 6.46. The van der Waals surface area contributed by atoms with E-state index in [1.165, 1.54) is 13.0 Å². The molecular formula is C7H8N2O3. The number of rotatable bonds is 1. The van der Waals surface area contributed by atoms with Crippen molar-refractivity contribution >= 4 is 17.7 Å². The topological polar surface area (TPSA) is 89.3 Å². The Morgan fingerprint density at radius 1 is 1.58 bits per heavy atom. The number of nitrogens with two attached hydrogens (primary N) is 1. The smallest absolute Gasteiger partial charge is 0.250 e. The molecule has 1 heterocycles. The second-order valence-electron chi connectivity index (χ2n) is 2.58. The van der Waals surface area contributed by atoms with E-state index >= 15 is 0 Å². The van der Waals surface area contributed by atoms with Crippen LogP contribution in [0.1, 0.15) is 6.92 Å². The van der Waals surface area contributed by atoms with Crippen LogP contribution in [0, 0.1) is 5.92 Å². The van der Waals surface area contributed by atoms with E-state index in [1.807, 2.05) is 5.32 Å². The third-order valence-corrected chi connectivity index (χ3v) is 1.61. The quantitative estimate of drug-likeness (QED) is 0.376. The van der Waals surface area contributed by atoms with Crippen molar-refractivity contribution in [2.45, 2.75) is 6.92 Å². The first-order valence-corrected chi connectivity index (χ1v) is 3.34. The molecule has 1 atom stereocenters. The summed E-state index contributed by atoms with van der Waals surface area (Å²) >= 11 is 0. The fourth-order valence-electron chi connectivity index (χ4n) is 1.08. The Hall–Kier alpha value is -1.65. The average Bonchev–Trinajstić information content (AvgIpc) is 1.82. The highest BCUT2D eigenvalue weighted by atomic mass is 16.2. The van der Waals surface area contributed by atoms with Crippen LogP contribution in [0.4, 0.5) is 0 Å². The van der Waals surface area contributed by atoms with Gasteiger partial charge in [-0.2, -0.15) is 0 Å². The molecule has 0 aromatic heterocycles. The lowest BCUT2D eigenvalue weighted by Gasteiger charge is -2.16. The standard InChI is InChI=1S/C7H8N2O3/c1-3-2-4(10)9-7(12)5(3)6(8)11/h2,5H,1H3,(H2,8,11)(H,9,10,12). The first-order valence-electron chi connectivity index (χ1n) is 3.34. The monoisotopic (exact) mass is 168 g/mol. The van der Waals surface area contributed by atoms with Crippen molar-refractivity contribution in [2.24, 2.45) is 11.7 Å². The summed E-state index contributed by atoms with van der Waals surface area (Å²) in [4.78, 5) is 32.4. The Bertz CT molecular complexity index is 293. The van der Waals surface area contributed by atoms with E-state index < -0.39 is 23.6 Å². The molecule has 64 valence electrons. The van der Waals surface area contributed by atoms with Crippen molar-refractivity contribution < 1.29 is 14.4 Å². The number of hydrogen-bond acceptors (Lipinski definition) is 3. The lowest BCUT2D eigenvalue weighted by atomic mass is 9.96. The molecule has 1 aliphatic rings. The molecule has 0 aromatic carbocycles. The molecule has 1 unspecified atom stereocenters. The molecule has 0 spiro atoms. The Balaban J connectivity index is 3.01. The normalized spacial score (nSPS) is 23.1. The minimum Gasteiger partial charge on any atom is -0.369 e. The Morgan fingerprint density at radius 3 is 2.58 bits per heavy atom. The van der Waals surface area contributed by atoms with E-state index in [9.17, 15) is 14.4 Å². The second kappa shape index (κ2) is 2.77. The number of nitrogens with one attached hydrogen (secondary N) is 1. The number of hydrogen-bond donors (Lipinski definition) is 2. The van der Waals surface area contributed by atoms with E-state index in [2.05, 4.69) is 0 Å². The van der Waals surface area contributed by atoms with Crippen molar-refractivity contribution in [1.29, 1.82) is 0 Å². The van der Waals surface area contributed by atoms with Crippen LogP contribution in [-0.2, 0) is 14.4 Å². The first-order chi connectivity index (χ1) is 5.52. The Labute approximate surface area is 68.6 Å². The molecule has 0 bridgehead atoms. The SMILES string of the molecule is CC1=CC(=O)NC(=O)C1C(N)=O. The lowest BCUT2D eigenvalue weighted by molar-refractivity contribution is -0.135. The lowest BCUT2D eigenvalue weighted by Crippen LogP contribution is -2.45. The largest absolute Gasteiger partial charge is 0.369 e. The van der Waals surface area contributed by atoms with Gasteiger partial charge in [0, 0.05) is 6.08 Å². The van der Waals surface area contributed by atoms with E-state index in [4.69, 9.17) is 5.73 Å². The molecule has 0 fully saturated rings. The Kier molecular flexibility index (Phi) is 1.95. The molecule has 12 heavy (non-hydrogen) atoms. The summed E-state index contributed by atoms with van der Waals surface area (Å²) in [7, 11) is 0. The molecule has 3 N–H and O–H groups in total. The van der Waals surface area contributed by atoms with E-state index in [0.717, 1.165) is 0 Å². The van der Waals surface area contributed by atoms with Crippen molar-refractivity contribution in [3.8, 4) is 0 Å². The van der Waals surface area contributed by atoms with Crippen LogP contribution in [0.15, 0.2) is 11.6 Å². The third kappa shape index (κ3) is 1.34. The molecular weight excluding hydrogens is 160 g/mol. The van der Waals surface area contributed by atoms with Gasteiger partial charge in [-0.15, -0.1) is 0 Å². The molecule has 0 aromatic rings. The fraction of sp³-hybridized carbons (Fsp3) is 0.286. The maximum Gasteiger partial charge on any atom is 0.250 e. The molecule has 1 aliphatic heterocycles. The summed E-state index contributed by atoms with van der Waals surface area (Å²) in [5.41, 5.74) is 5.33. The van der Waals surface area contributed by atoms with Crippen LogP contribution in [0.3, 0.4) is 0 Å². The van der Waals surface area contributed by atoms with Gasteiger partial charge in [-0.25, -0.2) is 0 Å². The summed E-state index contributed by atoms with van der Waals surface area (Å²) in [5.74, 6) is -2.89. The summed E-state index contributed by atoms with van der Waals surface area (Å²) in [5, 5.41) is 1.99. The van der Waals surface area contributed by atoms with Crippen LogP contribution in [0.5, 0.6) is 0 Å². The van der Waals surface area contributed by atoms with Crippen molar-refractivity contribution in [2.75, 3.05) is 0 Å². The van der Waals surface area contributed by atoms with Gasteiger partial charge >= 0.3 is 0 Å². The van der Waals surface area contributed by atoms with Gasteiger partial charge < -0.3 is 5.73 Å². The van der Waals surface area contributed by atoms with Crippen LogP contribution in [0.25, 0.3) is 0 Å². The molecule has 5 heteroatoms. The molecule has 3 amide bonds. The van der Waals surface area contributed by atoms with Crippen LogP contribution in [0.2, 0.25) is 0 Å². The predicted octanol–water partition coefficient (Wildman–Crippen LogP) is -1.31. The third-order valence-electron chi connectivity index (χ3n) is 1.61. The molecule has 0 radical (unpaired) electrons. The summed E-state index contributed by atoms with van der Waals surface area (Å²) < 4.78 is 0. The highest BCUT2D eigenvalue weighted by Crippen LogP contribution is 2.13. The number of carbonyl (C=O) groups is 3. The van der Waals surface area contributed by atoms with Gasteiger partial charge in [0.05, 0.1) is 0 Å². The fourth-order valence-corrected chi connectivity index (χ4v) is 1.08. The zero-order chi connectivity index (χ0) is 9.30. The average molecular weight is 168 g/mol. The molecule has 1 rings (SSSR count). The molecule has 0 aliphatic carbocycles. The minimum absolute atomic E-state index is 0.385. The highest BCUT2D eigenvalue weighted by molar-refractivity contribution is 6.13. The van der Waals surface area contributed by atoms with Crippen LogP contribution in [-0.4, -0.2) is 17.7 Å². The predicted molar refractivity (Wildman–Crippen MR) is 39.6 cm³/mol. The van der Waals surface area contributed by atoms with Gasteiger partial charge in [-0.05, 0) is 12.5 Å². The number of primary amides is 1. The van der Waals surface area contributed by atoms with Crippen molar-refractivity contribution in [3.05, 3.63) is 11.6 Å². The van der Waals surface area contributed by atoms with Gasteiger partial charge in [0.2, 0.25) is 11.8 Å². The van der Waals surface area contributed by atoms with E-state index in [-0.39, 0.29) is 0 Å². The van der Waals surface area contributed by atoms with Gasteiger partial charge in [0.1, 0.15) is 5.92 Å². The second-order valence-corrected chi connectivity index (χ2v) is 2.58. The highest BCUT2D eigenvalue weighted by Gasteiger charge is 2.30. The summed E-state index contributed by atoms with van der Waals surface area (Å²) in [6.45, 7) is 1.52. The van der Waals surface area contributed by atoms with Crippen molar-refractivity contribution in [1.82, 2.24) is 5.32 Å². The van der Waals surface area contributed by atoms with Gasteiger partial charge in [0.25, 0.3) is 5.91 Å². The number of carbonyl (C=O) groups excluding carboxylic acids is 3. The van der Waals surface area contributed by atoms with Gasteiger partial charge in [-0.3, -0.25) is 19.7 Å². The number of imide groups is 1. The summed E-state index contributed by atoms with van der Waals surface area (Å²) in [6, 6.07) is 0. The van der Waals surface area contributed by atoms with E-state index in [0.29, 0.717) is 5.57 Å². The number of amides is 3. The van der Waals surface area contributed by atoms with Gasteiger partial charge in [0.15, 0.2) is 0 Å². The van der Waals surface area contributed by atoms with Gasteiger partial charge in [-0.1, -0.05) is 0 Å².